The molecule has 2 amide bonds. The average Bonchev–Trinajstić information content (AvgIpc) is 2.73. The number of anilines is 1. The van der Waals surface area contributed by atoms with E-state index in [1.54, 1.807) is 29.2 Å². The smallest absolute Gasteiger partial charge is 0.387 e. The summed E-state index contributed by atoms with van der Waals surface area (Å²) in [6.07, 6.45) is 2.26. The topological polar surface area (TPSA) is 67.9 Å². The Labute approximate surface area is 182 Å². The average molecular weight is 454 g/mol. The van der Waals surface area contributed by atoms with Crippen LogP contribution >= 0.6 is 0 Å². The summed E-state index contributed by atoms with van der Waals surface area (Å²) >= 11 is 0. The van der Waals surface area contributed by atoms with Crippen molar-refractivity contribution in [2.24, 2.45) is 0 Å². The minimum atomic E-state index is -3.20. The second-order valence-electron chi connectivity index (χ2n) is 6.33. The first kappa shape index (κ1) is 24.7. The predicted octanol–water partition coefficient (Wildman–Crippen LogP) is 5.02. The fourth-order valence-electron chi connectivity index (χ4n) is 2.77. The summed E-state index contributed by atoms with van der Waals surface area (Å²) in [5.41, 5.74) is 0.949. The molecule has 0 aliphatic carbocycles. The molecule has 0 bridgehead atoms. The standard InChI is InChI=1S/C22H22F4N2O4/c1-3-28(4-2)20(30)15-5-9-16(10-6-15)27-19(29)12-8-14-7-11-17(31-21(23)24)13-18(14)32-22(25)26/h5-13,21-22H,3-4H2,1-2H3,(H,27,29)/b12-8+. The lowest BCUT2D eigenvalue weighted by Gasteiger charge is -2.18. The molecule has 2 aromatic rings. The molecule has 0 radical (unpaired) electrons. The summed E-state index contributed by atoms with van der Waals surface area (Å²) in [6.45, 7) is -1.43. The van der Waals surface area contributed by atoms with Crippen LogP contribution in [0, 0.1) is 0 Å². The zero-order valence-corrected chi connectivity index (χ0v) is 17.4. The molecule has 0 saturated heterocycles. The van der Waals surface area contributed by atoms with Crippen molar-refractivity contribution >= 4 is 23.6 Å². The van der Waals surface area contributed by atoms with Crippen LogP contribution in [0.15, 0.2) is 48.5 Å². The second kappa shape index (κ2) is 11.7. The van der Waals surface area contributed by atoms with Crippen LogP contribution in [0.2, 0.25) is 0 Å². The molecule has 32 heavy (non-hydrogen) atoms. The SMILES string of the molecule is CCN(CC)C(=O)c1ccc(NC(=O)/C=C/c2ccc(OC(F)F)cc2OC(F)F)cc1. The lowest BCUT2D eigenvalue weighted by atomic mass is 10.1. The molecule has 0 atom stereocenters. The molecular weight excluding hydrogens is 432 g/mol. The minimum Gasteiger partial charge on any atom is -0.435 e. The van der Waals surface area contributed by atoms with E-state index in [1.165, 1.54) is 12.1 Å². The maximum absolute atomic E-state index is 12.6. The van der Waals surface area contributed by atoms with Crippen molar-refractivity contribution in [1.82, 2.24) is 4.90 Å². The molecule has 10 heteroatoms. The van der Waals surface area contributed by atoms with E-state index in [0.29, 0.717) is 24.3 Å². The quantitative estimate of drug-likeness (QED) is 0.404. The molecule has 0 fully saturated rings. The molecule has 0 heterocycles. The van der Waals surface area contributed by atoms with Crippen LogP contribution in [0.25, 0.3) is 6.08 Å². The summed E-state index contributed by atoms with van der Waals surface area (Å²) in [5, 5.41) is 2.57. The number of nitrogens with zero attached hydrogens (tertiary/aromatic N) is 1. The van der Waals surface area contributed by atoms with Gasteiger partial charge in [-0.05, 0) is 56.3 Å². The number of amides is 2. The number of nitrogens with one attached hydrogen (secondary N) is 1. The van der Waals surface area contributed by atoms with Crippen molar-refractivity contribution in [1.29, 1.82) is 0 Å². The molecule has 2 aromatic carbocycles. The number of rotatable bonds is 10. The van der Waals surface area contributed by atoms with E-state index < -0.39 is 24.9 Å². The fourth-order valence-corrected chi connectivity index (χ4v) is 2.77. The number of halogens is 4. The Morgan fingerprint density at radius 3 is 2.16 bits per heavy atom. The predicted molar refractivity (Wildman–Crippen MR) is 111 cm³/mol. The maximum Gasteiger partial charge on any atom is 0.387 e. The second-order valence-corrected chi connectivity index (χ2v) is 6.33. The van der Waals surface area contributed by atoms with Gasteiger partial charge in [0.25, 0.3) is 5.91 Å². The van der Waals surface area contributed by atoms with Crippen LogP contribution in [0.5, 0.6) is 11.5 Å². The van der Waals surface area contributed by atoms with Crippen LogP contribution in [-0.2, 0) is 4.79 Å². The van der Waals surface area contributed by atoms with E-state index >= 15 is 0 Å². The Morgan fingerprint density at radius 1 is 0.969 bits per heavy atom. The van der Waals surface area contributed by atoms with Gasteiger partial charge < -0.3 is 19.7 Å². The van der Waals surface area contributed by atoms with Gasteiger partial charge in [-0.3, -0.25) is 9.59 Å². The highest BCUT2D eigenvalue weighted by Crippen LogP contribution is 2.28. The highest BCUT2D eigenvalue weighted by atomic mass is 19.3. The Hall–Kier alpha value is -3.56. The van der Waals surface area contributed by atoms with Crippen LogP contribution in [-0.4, -0.2) is 43.0 Å². The third-order valence-electron chi connectivity index (χ3n) is 4.29. The van der Waals surface area contributed by atoms with Gasteiger partial charge in [0.1, 0.15) is 11.5 Å². The summed E-state index contributed by atoms with van der Waals surface area (Å²) in [7, 11) is 0. The molecule has 0 spiro atoms. The number of ether oxygens (including phenoxy) is 2. The van der Waals surface area contributed by atoms with Gasteiger partial charge in [-0.15, -0.1) is 0 Å². The number of alkyl halides is 4. The van der Waals surface area contributed by atoms with Crippen molar-refractivity contribution in [2.75, 3.05) is 18.4 Å². The summed E-state index contributed by atoms with van der Waals surface area (Å²) in [5.74, 6) is -1.50. The Kier molecular flexibility index (Phi) is 9.06. The van der Waals surface area contributed by atoms with Gasteiger partial charge in [-0.25, -0.2) is 0 Å². The molecule has 2 rings (SSSR count). The zero-order chi connectivity index (χ0) is 23.7. The van der Waals surface area contributed by atoms with E-state index in [-0.39, 0.29) is 17.2 Å². The van der Waals surface area contributed by atoms with Gasteiger partial charge in [-0.2, -0.15) is 17.6 Å². The summed E-state index contributed by atoms with van der Waals surface area (Å²) in [4.78, 5) is 26.1. The van der Waals surface area contributed by atoms with Gasteiger partial charge in [0.2, 0.25) is 5.91 Å². The number of hydrogen-bond donors (Lipinski definition) is 1. The lowest BCUT2D eigenvalue weighted by Crippen LogP contribution is -2.30. The molecule has 0 aliphatic heterocycles. The van der Waals surface area contributed by atoms with E-state index in [0.717, 1.165) is 18.2 Å². The first-order chi connectivity index (χ1) is 15.2. The van der Waals surface area contributed by atoms with E-state index in [9.17, 15) is 27.2 Å². The molecule has 0 aliphatic rings. The maximum atomic E-state index is 12.6. The molecule has 1 N–H and O–H groups in total. The van der Waals surface area contributed by atoms with Crippen LogP contribution in [0.1, 0.15) is 29.8 Å². The van der Waals surface area contributed by atoms with E-state index in [1.807, 2.05) is 13.8 Å². The fraction of sp³-hybridized carbons (Fsp3) is 0.273. The van der Waals surface area contributed by atoms with Crippen LogP contribution in [0.3, 0.4) is 0 Å². The molecule has 6 nitrogen and oxygen atoms in total. The largest absolute Gasteiger partial charge is 0.435 e. The highest BCUT2D eigenvalue weighted by molar-refractivity contribution is 6.02. The molecular formula is C22H22F4N2O4. The first-order valence-corrected chi connectivity index (χ1v) is 9.65. The number of benzene rings is 2. The summed E-state index contributed by atoms with van der Waals surface area (Å²) < 4.78 is 58.4. The molecule has 0 saturated carbocycles. The monoisotopic (exact) mass is 454 g/mol. The van der Waals surface area contributed by atoms with E-state index in [4.69, 9.17) is 0 Å². The van der Waals surface area contributed by atoms with Crippen molar-refractivity contribution in [3.05, 3.63) is 59.7 Å². The molecule has 0 unspecified atom stereocenters. The Balaban J connectivity index is 2.09. The Morgan fingerprint density at radius 2 is 1.59 bits per heavy atom. The van der Waals surface area contributed by atoms with Crippen LogP contribution < -0.4 is 14.8 Å². The van der Waals surface area contributed by atoms with Gasteiger partial charge in [0.05, 0.1) is 0 Å². The summed E-state index contributed by atoms with van der Waals surface area (Å²) in [6, 6.07) is 9.49. The van der Waals surface area contributed by atoms with Gasteiger partial charge in [0, 0.05) is 42.0 Å². The molecule has 0 aromatic heterocycles. The third-order valence-corrected chi connectivity index (χ3v) is 4.29. The first-order valence-electron chi connectivity index (χ1n) is 9.65. The number of hydrogen-bond acceptors (Lipinski definition) is 4. The van der Waals surface area contributed by atoms with Gasteiger partial charge in [0.15, 0.2) is 0 Å². The third kappa shape index (κ3) is 7.29. The lowest BCUT2D eigenvalue weighted by molar-refractivity contribution is -0.111. The number of carbonyl (C=O) groups excluding carboxylic acids is 2. The molecule has 172 valence electrons. The highest BCUT2D eigenvalue weighted by Gasteiger charge is 2.14. The van der Waals surface area contributed by atoms with Crippen molar-refractivity contribution in [3.63, 3.8) is 0 Å². The zero-order valence-electron chi connectivity index (χ0n) is 17.4. The minimum absolute atomic E-state index is 0.0576. The van der Waals surface area contributed by atoms with Gasteiger partial charge >= 0.3 is 13.2 Å². The van der Waals surface area contributed by atoms with Crippen molar-refractivity contribution in [2.45, 2.75) is 27.1 Å². The Bertz CT molecular complexity index is 945. The van der Waals surface area contributed by atoms with E-state index in [2.05, 4.69) is 14.8 Å². The van der Waals surface area contributed by atoms with Crippen LogP contribution in [0.4, 0.5) is 23.2 Å². The van der Waals surface area contributed by atoms with Crippen molar-refractivity contribution < 1.29 is 36.6 Å². The van der Waals surface area contributed by atoms with Crippen molar-refractivity contribution in [3.8, 4) is 11.5 Å². The van der Waals surface area contributed by atoms with Gasteiger partial charge in [-0.1, -0.05) is 0 Å². The normalized spacial score (nSPS) is 11.1. The number of carbonyl (C=O) groups is 2.